The lowest BCUT2D eigenvalue weighted by molar-refractivity contribution is 0.571. The molecule has 0 aliphatic rings. The second kappa shape index (κ2) is 6.07. The van der Waals surface area contributed by atoms with E-state index in [0.29, 0.717) is 0 Å². The molecule has 18 heavy (non-hydrogen) atoms. The number of nitrogens with one attached hydrogen (secondary N) is 1. The van der Waals surface area contributed by atoms with Crippen LogP contribution in [0.2, 0.25) is 0 Å². The molecule has 0 aliphatic heterocycles. The molecule has 1 N–H and O–H groups in total. The van der Waals surface area contributed by atoms with Crippen molar-refractivity contribution < 1.29 is 0 Å². The lowest BCUT2D eigenvalue weighted by Gasteiger charge is -2.17. The van der Waals surface area contributed by atoms with Crippen LogP contribution < -0.4 is 5.32 Å². The maximum atomic E-state index is 4.46. The summed E-state index contributed by atoms with van der Waals surface area (Å²) in [4.78, 5) is 10.2. The highest BCUT2D eigenvalue weighted by atomic mass is 32.1. The Balaban J connectivity index is 2.30. The van der Waals surface area contributed by atoms with E-state index in [1.54, 1.807) is 11.3 Å². The number of aryl methyl sites for hydroxylation is 2. The molecule has 4 heteroatoms. The summed E-state index contributed by atoms with van der Waals surface area (Å²) in [5, 5.41) is 5.65. The lowest BCUT2D eigenvalue weighted by Crippen LogP contribution is -2.25. The third-order valence-electron chi connectivity index (χ3n) is 2.87. The van der Waals surface area contributed by atoms with Gasteiger partial charge in [-0.2, -0.15) is 0 Å². The maximum absolute atomic E-state index is 4.46. The first-order valence-electron chi connectivity index (χ1n) is 6.28. The van der Waals surface area contributed by atoms with Gasteiger partial charge in [-0.15, -0.1) is 11.3 Å². The van der Waals surface area contributed by atoms with Crippen LogP contribution in [-0.2, 0) is 0 Å². The molecule has 0 spiro atoms. The molecule has 0 amide bonds. The predicted octanol–water partition coefficient (Wildman–Crippen LogP) is 3.24. The van der Waals surface area contributed by atoms with Gasteiger partial charge in [0, 0.05) is 17.3 Å². The van der Waals surface area contributed by atoms with Crippen molar-refractivity contribution in [2.75, 3.05) is 6.54 Å². The first-order chi connectivity index (χ1) is 8.72. The normalized spacial score (nSPS) is 12.6. The van der Waals surface area contributed by atoms with Crippen LogP contribution in [0.15, 0.2) is 23.8 Å². The van der Waals surface area contributed by atoms with Gasteiger partial charge in [-0.05, 0) is 49.4 Å². The van der Waals surface area contributed by atoms with Crippen LogP contribution >= 0.6 is 11.3 Å². The average molecular weight is 261 g/mol. The van der Waals surface area contributed by atoms with Crippen molar-refractivity contribution in [2.45, 2.75) is 33.2 Å². The van der Waals surface area contributed by atoms with Gasteiger partial charge in [0.15, 0.2) is 0 Å². The molecule has 0 fully saturated rings. The van der Waals surface area contributed by atoms with Gasteiger partial charge in [-0.25, -0.2) is 9.97 Å². The Bertz CT molecular complexity index is 490. The highest BCUT2D eigenvalue weighted by Crippen LogP contribution is 2.26. The zero-order valence-electron chi connectivity index (χ0n) is 11.1. The second-order valence-electron chi connectivity index (χ2n) is 4.44. The van der Waals surface area contributed by atoms with E-state index in [4.69, 9.17) is 0 Å². The molecule has 2 heterocycles. The summed E-state index contributed by atoms with van der Waals surface area (Å²) in [5.74, 6) is 0.857. The van der Waals surface area contributed by atoms with Gasteiger partial charge in [0.2, 0.25) is 0 Å². The molecule has 2 aromatic heterocycles. The molecule has 0 saturated heterocycles. The molecule has 3 nitrogen and oxygen atoms in total. The van der Waals surface area contributed by atoms with Crippen LogP contribution in [0, 0.1) is 13.8 Å². The fourth-order valence-corrected chi connectivity index (χ4v) is 2.62. The standard InChI is InChI=1S/C14H19N3S/c1-4-6-15-13(12-5-7-18-11(12)3)14-16-8-10(2)9-17-14/h5,7-9,13,15H,4,6H2,1-3H3. The van der Waals surface area contributed by atoms with E-state index >= 15 is 0 Å². The van der Waals surface area contributed by atoms with E-state index in [9.17, 15) is 0 Å². The summed E-state index contributed by atoms with van der Waals surface area (Å²) in [7, 11) is 0. The summed E-state index contributed by atoms with van der Waals surface area (Å²) < 4.78 is 0. The van der Waals surface area contributed by atoms with Gasteiger partial charge in [0.05, 0.1) is 6.04 Å². The molecule has 0 saturated carbocycles. The monoisotopic (exact) mass is 261 g/mol. The molecular formula is C14H19N3S. The largest absolute Gasteiger partial charge is 0.304 e. The summed E-state index contributed by atoms with van der Waals surface area (Å²) in [6.45, 7) is 7.29. The van der Waals surface area contributed by atoms with Crippen molar-refractivity contribution in [1.29, 1.82) is 0 Å². The lowest BCUT2D eigenvalue weighted by atomic mass is 10.1. The molecule has 1 unspecified atom stereocenters. The third kappa shape index (κ3) is 2.94. The highest BCUT2D eigenvalue weighted by Gasteiger charge is 2.18. The fraction of sp³-hybridized carbons (Fsp3) is 0.429. The third-order valence-corrected chi connectivity index (χ3v) is 3.73. The molecule has 0 aliphatic carbocycles. The van der Waals surface area contributed by atoms with Crippen LogP contribution in [0.3, 0.4) is 0 Å². The average Bonchev–Trinajstić information content (AvgIpc) is 2.78. The Morgan fingerprint density at radius 3 is 2.56 bits per heavy atom. The van der Waals surface area contributed by atoms with Crippen LogP contribution in [0.4, 0.5) is 0 Å². The molecule has 0 aromatic carbocycles. The van der Waals surface area contributed by atoms with Crippen LogP contribution in [0.1, 0.15) is 41.2 Å². The summed E-state index contributed by atoms with van der Waals surface area (Å²) in [6, 6.07) is 2.27. The number of rotatable bonds is 5. The van der Waals surface area contributed by atoms with E-state index in [0.717, 1.165) is 24.4 Å². The molecule has 0 radical (unpaired) electrons. The maximum Gasteiger partial charge on any atom is 0.149 e. The quantitative estimate of drug-likeness (QED) is 0.898. The summed E-state index contributed by atoms with van der Waals surface area (Å²) >= 11 is 1.77. The molecule has 2 rings (SSSR count). The van der Waals surface area contributed by atoms with Crippen molar-refractivity contribution in [3.05, 3.63) is 45.7 Å². The Morgan fingerprint density at radius 1 is 1.28 bits per heavy atom. The number of hydrogen-bond acceptors (Lipinski definition) is 4. The van der Waals surface area contributed by atoms with Crippen molar-refractivity contribution in [3.8, 4) is 0 Å². The van der Waals surface area contributed by atoms with E-state index in [-0.39, 0.29) is 6.04 Å². The number of nitrogens with zero attached hydrogens (tertiary/aromatic N) is 2. The van der Waals surface area contributed by atoms with Gasteiger partial charge >= 0.3 is 0 Å². The Kier molecular flexibility index (Phi) is 4.44. The van der Waals surface area contributed by atoms with Crippen molar-refractivity contribution in [3.63, 3.8) is 0 Å². The van der Waals surface area contributed by atoms with Crippen molar-refractivity contribution >= 4 is 11.3 Å². The van der Waals surface area contributed by atoms with Crippen LogP contribution in [0.5, 0.6) is 0 Å². The van der Waals surface area contributed by atoms with Crippen LogP contribution in [0.25, 0.3) is 0 Å². The van der Waals surface area contributed by atoms with E-state index in [1.165, 1.54) is 10.4 Å². The van der Waals surface area contributed by atoms with Gasteiger partial charge < -0.3 is 5.32 Å². The van der Waals surface area contributed by atoms with Gasteiger partial charge in [0.25, 0.3) is 0 Å². The minimum atomic E-state index is 0.108. The summed E-state index contributed by atoms with van der Waals surface area (Å²) in [6.07, 6.45) is 4.86. The van der Waals surface area contributed by atoms with Gasteiger partial charge in [-0.1, -0.05) is 6.92 Å². The number of aromatic nitrogens is 2. The molecule has 2 aromatic rings. The molecule has 96 valence electrons. The molecular weight excluding hydrogens is 242 g/mol. The minimum absolute atomic E-state index is 0.108. The van der Waals surface area contributed by atoms with Gasteiger partial charge in [-0.3, -0.25) is 0 Å². The first-order valence-corrected chi connectivity index (χ1v) is 7.16. The molecule has 1 atom stereocenters. The van der Waals surface area contributed by atoms with Crippen molar-refractivity contribution in [2.24, 2.45) is 0 Å². The van der Waals surface area contributed by atoms with E-state index in [2.05, 4.69) is 40.6 Å². The first kappa shape index (κ1) is 13.2. The molecule has 0 bridgehead atoms. The second-order valence-corrected chi connectivity index (χ2v) is 5.56. The van der Waals surface area contributed by atoms with E-state index in [1.807, 2.05) is 19.3 Å². The SMILES string of the molecule is CCCNC(c1ncc(C)cn1)c1ccsc1C. The fourth-order valence-electron chi connectivity index (χ4n) is 1.87. The van der Waals surface area contributed by atoms with Gasteiger partial charge in [0.1, 0.15) is 5.82 Å². The topological polar surface area (TPSA) is 37.8 Å². The number of hydrogen-bond donors (Lipinski definition) is 1. The van der Waals surface area contributed by atoms with Crippen molar-refractivity contribution in [1.82, 2.24) is 15.3 Å². The zero-order chi connectivity index (χ0) is 13.0. The van der Waals surface area contributed by atoms with E-state index < -0.39 is 0 Å². The Morgan fingerprint density at radius 2 is 2.00 bits per heavy atom. The Hall–Kier alpha value is -1.26. The number of thiophene rings is 1. The highest BCUT2D eigenvalue weighted by molar-refractivity contribution is 7.10. The summed E-state index contributed by atoms with van der Waals surface area (Å²) in [5.41, 5.74) is 2.38. The van der Waals surface area contributed by atoms with Crippen LogP contribution in [-0.4, -0.2) is 16.5 Å². The smallest absolute Gasteiger partial charge is 0.149 e. The zero-order valence-corrected chi connectivity index (χ0v) is 11.9. The Labute approximate surface area is 112 Å². The minimum Gasteiger partial charge on any atom is -0.304 e. The predicted molar refractivity (Wildman–Crippen MR) is 76.0 cm³/mol.